The van der Waals surface area contributed by atoms with E-state index in [9.17, 15) is 0 Å². The first-order chi connectivity index (χ1) is 19.6. The summed E-state index contributed by atoms with van der Waals surface area (Å²) in [4.78, 5) is 23.0. The molecule has 1 aliphatic rings. The highest BCUT2D eigenvalue weighted by Gasteiger charge is 2.22. The Morgan fingerprint density at radius 2 is 1.70 bits per heavy atom. The van der Waals surface area contributed by atoms with Gasteiger partial charge in [-0.15, -0.1) is 0 Å². The molecule has 0 unspecified atom stereocenters. The van der Waals surface area contributed by atoms with E-state index in [0.29, 0.717) is 23.2 Å². The van der Waals surface area contributed by atoms with Crippen LogP contribution < -0.4 is 15.0 Å². The van der Waals surface area contributed by atoms with Gasteiger partial charge in [0.25, 0.3) is 0 Å². The van der Waals surface area contributed by atoms with Gasteiger partial charge in [0, 0.05) is 54.5 Å². The minimum absolute atomic E-state index is 0.181. The van der Waals surface area contributed by atoms with Crippen LogP contribution in [0.5, 0.6) is 11.8 Å². The van der Waals surface area contributed by atoms with Gasteiger partial charge in [0.2, 0.25) is 11.9 Å². The molecule has 0 bridgehead atoms. The lowest BCUT2D eigenvalue weighted by atomic mass is 10.2. The first kappa shape index (κ1) is 25.7. The monoisotopic (exact) mass is 592 g/mol. The SMILES string of the molecule is N#Cc1ccc(Nc2nc(Oc3ccnc4ccc(Br)cc34)nc(N3CCN(Cc4ccccc4)CC3)n2)cc1. The molecular formula is C30H25BrN8O. The minimum Gasteiger partial charge on any atom is -0.423 e. The van der Waals surface area contributed by atoms with E-state index in [2.05, 4.69) is 71.3 Å². The number of halogens is 1. The number of rotatable bonds is 7. The van der Waals surface area contributed by atoms with Crippen LogP contribution in [0.1, 0.15) is 11.1 Å². The molecule has 40 heavy (non-hydrogen) atoms. The zero-order valence-corrected chi connectivity index (χ0v) is 23.1. The van der Waals surface area contributed by atoms with Gasteiger partial charge in [-0.2, -0.15) is 20.2 Å². The van der Waals surface area contributed by atoms with Crippen LogP contribution in [0, 0.1) is 11.3 Å². The molecule has 1 aliphatic heterocycles. The van der Waals surface area contributed by atoms with Gasteiger partial charge in [-0.3, -0.25) is 9.88 Å². The van der Waals surface area contributed by atoms with Crippen molar-refractivity contribution in [1.29, 1.82) is 5.26 Å². The van der Waals surface area contributed by atoms with E-state index < -0.39 is 0 Å². The number of nitriles is 1. The van der Waals surface area contributed by atoms with Crippen molar-refractivity contribution in [3.05, 3.63) is 101 Å². The van der Waals surface area contributed by atoms with Gasteiger partial charge in [-0.25, -0.2) is 0 Å². The van der Waals surface area contributed by atoms with Crippen LogP contribution in [-0.2, 0) is 6.54 Å². The highest BCUT2D eigenvalue weighted by atomic mass is 79.9. The van der Waals surface area contributed by atoms with Crippen molar-refractivity contribution in [2.24, 2.45) is 0 Å². The average molecular weight is 593 g/mol. The molecule has 0 saturated carbocycles. The van der Waals surface area contributed by atoms with Crippen molar-refractivity contribution < 1.29 is 4.74 Å². The molecule has 1 saturated heterocycles. The largest absolute Gasteiger partial charge is 0.423 e. The third-order valence-electron chi connectivity index (χ3n) is 6.64. The minimum atomic E-state index is 0.181. The van der Waals surface area contributed by atoms with E-state index in [0.717, 1.165) is 53.8 Å². The topological polar surface area (TPSA) is 103 Å². The number of nitrogens with one attached hydrogen (secondary N) is 1. The molecule has 3 heterocycles. The predicted molar refractivity (Wildman–Crippen MR) is 158 cm³/mol. The van der Waals surface area contributed by atoms with Crippen molar-refractivity contribution in [3.63, 3.8) is 0 Å². The van der Waals surface area contributed by atoms with Crippen LogP contribution in [0.25, 0.3) is 10.9 Å². The second-order valence-electron chi connectivity index (χ2n) is 9.38. The maximum Gasteiger partial charge on any atom is 0.328 e. The highest BCUT2D eigenvalue weighted by Crippen LogP contribution is 2.31. The van der Waals surface area contributed by atoms with Crippen molar-refractivity contribution in [1.82, 2.24) is 24.8 Å². The molecule has 0 radical (unpaired) electrons. The third kappa shape index (κ3) is 6.01. The summed E-state index contributed by atoms with van der Waals surface area (Å²) in [6, 6.07) is 27.6. The summed E-state index contributed by atoms with van der Waals surface area (Å²) in [5.41, 5.74) is 3.44. The summed E-state index contributed by atoms with van der Waals surface area (Å²) >= 11 is 3.53. The Balaban J connectivity index is 1.27. The number of benzene rings is 3. The number of ether oxygens (including phenoxy) is 1. The first-order valence-corrected chi connectivity index (χ1v) is 13.7. The fourth-order valence-electron chi connectivity index (χ4n) is 4.57. The van der Waals surface area contributed by atoms with Gasteiger partial charge in [0.1, 0.15) is 5.75 Å². The van der Waals surface area contributed by atoms with Gasteiger partial charge in [0.15, 0.2) is 0 Å². The number of hydrogen-bond acceptors (Lipinski definition) is 9. The number of pyridine rings is 1. The van der Waals surface area contributed by atoms with Gasteiger partial charge in [-0.1, -0.05) is 46.3 Å². The Bertz CT molecular complexity index is 1670. The number of nitrogens with zero attached hydrogens (tertiary/aromatic N) is 7. The summed E-state index contributed by atoms with van der Waals surface area (Å²) in [6.45, 7) is 4.24. The number of anilines is 3. The van der Waals surface area contributed by atoms with Crippen LogP contribution in [0.2, 0.25) is 0 Å². The first-order valence-electron chi connectivity index (χ1n) is 12.9. The van der Waals surface area contributed by atoms with Crippen LogP contribution in [0.15, 0.2) is 89.5 Å². The Kier molecular flexibility index (Phi) is 7.48. The zero-order valence-electron chi connectivity index (χ0n) is 21.5. The summed E-state index contributed by atoms with van der Waals surface area (Å²) in [7, 11) is 0. The third-order valence-corrected chi connectivity index (χ3v) is 7.14. The van der Waals surface area contributed by atoms with E-state index >= 15 is 0 Å². The molecule has 1 fully saturated rings. The van der Waals surface area contributed by atoms with Crippen molar-refractivity contribution in [2.45, 2.75) is 6.54 Å². The second kappa shape index (κ2) is 11.7. The van der Waals surface area contributed by atoms with Crippen molar-refractivity contribution in [3.8, 4) is 17.8 Å². The van der Waals surface area contributed by atoms with Crippen LogP contribution in [0.3, 0.4) is 0 Å². The van der Waals surface area contributed by atoms with E-state index in [4.69, 9.17) is 20.0 Å². The Hall–Kier alpha value is -4.59. The molecule has 5 aromatic rings. The molecule has 3 aromatic carbocycles. The quantitative estimate of drug-likeness (QED) is 0.247. The highest BCUT2D eigenvalue weighted by molar-refractivity contribution is 9.10. The number of piperazine rings is 1. The second-order valence-corrected chi connectivity index (χ2v) is 10.3. The molecule has 0 aliphatic carbocycles. The van der Waals surface area contributed by atoms with Crippen LogP contribution in [-0.4, -0.2) is 51.0 Å². The molecule has 9 nitrogen and oxygen atoms in total. The van der Waals surface area contributed by atoms with E-state index in [1.165, 1.54) is 5.56 Å². The number of hydrogen-bond donors (Lipinski definition) is 1. The van der Waals surface area contributed by atoms with Gasteiger partial charge in [-0.05, 0) is 54.1 Å². The molecule has 1 N–H and O–H groups in total. The number of aromatic nitrogens is 4. The summed E-state index contributed by atoms with van der Waals surface area (Å²) in [5, 5.41) is 13.2. The van der Waals surface area contributed by atoms with Gasteiger partial charge < -0.3 is 15.0 Å². The lowest BCUT2D eigenvalue weighted by Crippen LogP contribution is -2.46. The zero-order chi connectivity index (χ0) is 27.3. The number of fused-ring (bicyclic) bond motifs is 1. The molecule has 198 valence electrons. The fraction of sp³-hybridized carbons (Fsp3) is 0.167. The Morgan fingerprint density at radius 1 is 0.900 bits per heavy atom. The smallest absolute Gasteiger partial charge is 0.328 e. The summed E-state index contributed by atoms with van der Waals surface area (Å²) in [6.07, 6.45) is 1.70. The Labute approximate surface area is 240 Å². The van der Waals surface area contributed by atoms with Crippen LogP contribution >= 0.6 is 15.9 Å². The summed E-state index contributed by atoms with van der Waals surface area (Å²) in [5.74, 6) is 1.50. The fourth-order valence-corrected chi connectivity index (χ4v) is 4.94. The molecular weight excluding hydrogens is 568 g/mol. The van der Waals surface area contributed by atoms with Crippen molar-refractivity contribution in [2.75, 3.05) is 36.4 Å². The predicted octanol–water partition coefficient (Wildman–Crippen LogP) is 5.91. The average Bonchev–Trinajstić information content (AvgIpc) is 2.99. The van der Waals surface area contributed by atoms with E-state index in [1.807, 2.05) is 36.4 Å². The maximum atomic E-state index is 9.13. The maximum absolute atomic E-state index is 9.13. The lowest BCUT2D eigenvalue weighted by Gasteiger charge is -2.34. The van der Waals surface area contributed by atoms with E-state index in [1.54, 1.807) is 24.4 Å². The molecule has 0 spiro atoms. The summed E-state index contributed by atoms with van der Waals surface area (Å²) < 4.78 is 7.17. The molecule has 0 atom stereocenters. The lowest BCUT2D eigenvalue weighted by molar-refractivity contribution is 0.248. The molecule has 6 rings (SSSR count). The van der Waals surface area contributed by atoms with Crippen LogP contribution in [0.4, 0.5) is 17.6 Å². The Morgan fingerprint density at radius 3 is 2.48 bits per heavy atom. The normalized spacial score (nSPS) is 13.7. The molecule has 10 heteroatoms. The van der Waals surface area contributed by atoms with E-state index in [-0.39, 0.29) is 6.01 Å². The standard InChI is InChI=1S/C30H25BrN8O/c31-23-8-11-26-25(18-23)27(12-13-33-26)40-30-36-28(34-24-9-6-21(19-32)7-10-24)35-29(37-30)39-16-14-38(15-17-39)20-22-4-2-1-3-5-22/h1-13,18H,14-17,20H2,(H,34,35,36,37). The van der Waals surface area contributed by atoms with Crippen molar-refractivity contribution >= 4 is 44.4 Å². The molecule has 0 amide bonds. The van der Waals surface area contributed by atoms with Gasteiger partial charge >= 0.3 is 6.01 Å². The molecule has 2 aromatic heterocycles. The van der Waals surface area contributed by atoms with Gasteiger partial charge in [0.05, 0.1) is 17.1 Å².